The topological polar surface area (TPSA) is 105 Å². The van der Waals surface area contributed by atoms with Crippen molar-refractivity contribution < 1.29 is 18.0 Å². The quantitative estimate of drug-likeness (QED) is 0.402. The predicted molar refractivity (Wildman–Crippen MR) is 133 cm³/mol. The number of pyridine rings is 1. The van der Waals surface area contributed by atoms with E-state index in [0.29, 0.717) is 16.9 Å². The summed E-state index contributed by atoms with van der Waals surface area (Å²) in [6.07, 6.45) is 1.07. The van der Waals surface area contributed by atoms with E-state index in [0.717, 1.165) is 22.9 Å². The predicted octanol–water partition coefficient (Wildman–Crippen LogP) is 5.10. The maximum absolute atomic E-state index is 13.0. The molecule has 0 saturated carbocycles. The van der Waals surface area contributed by atoms with E-state index >= 15 is 0 Å². The molecule has 3 aromatic carbocycles. The van der Waals surface area contributed by atoms with Gasteiger partial charge in [-0.2, -0.15) is 0 Å². The third kappa shape index (κ3) is 5.08. The number of aryl methyl sites for hydroxylation is 1. The van der Waals surface area contributed by atoms with E-state index in [-0.39, 0.29) is 21.4 Å². The van der Waals surface area contributed by atoms with Crippen molar-refractivity contribution in [3.05, 3.63) is 94.6 Å². The Kier molecular flexibility index (Phi) is 6.37. The number of nitrogens with one attached hydrogen (secondary N) is 2. The molecule has 0 unspecified atom stereocenters. The molecule has 2 N–H and O–H groups in total. The minimum absolute atomic E-state index is 0.0446. The Morgan fingerprint density at radius 2 is 1.65 bits per heavy atom. The zero-order valence-corrected chi connectivity index (χ0v) is 19.9. The van der Waals surface area contributed by atoms with Gasteiger partial charge in [0.15, 0.2) is 9.84 Å². The van der Waals surface area contributed by atoms with Gasteiger partial charge in [-0.1, -0.05) is 35.9 Å². The van der Waals surface area contributed by atoms with E-state index < -0.39 is 15.7 Å². The normalized spacial score (nSPS) is 11.3. The molecule has 0 bridgehead atoms. The van der Waals surface area contributed by atoms with Gasteiger partial charge in [0.25, 0.3) is 11.8 Å². The van der Waals surface area contributed by atoms with E-state index in [9.17, 15) is 18.0 Å². The van der Waals surface area contributed by atoms with Gasteiger partial charge in [0.1, 0.15) is 0 Å². The molecule has 0 fully saturated rings. The van der Waals surface area contributed by atoms with Gasteiger partial charge in [-0.3, -0.25) is 14.6 Å². The molecule has 0 aliphatic heterocycles. The standard InChI is InChI=1S/C25H20ClN3O4S/c1-15-12-20(19-8-3-4-9-22(19)27-15)25(31)28-17-10-11-23(21(26)14-17)29-24(30)16-6-5-7-18(13-16)34(2,32)33/h3-14H,1-2H3,(H,28,31)(H,29,30). The van der Waals surface area contributed by atoms with Gasteiger partial charge in [-0.15, -0.1) is 0 Å². The molecule has 1 aromatic heterocycles. The molecule has 172 valence electrons. The molecular weight excluding hydrogens is 474 g/mol. The molecule has 4 aromatic rings. The number of fused-ring (bicyclic) bond motifs is 1. The van der Waals surface area contributed by atoms with Crippen molar-refractivity contribution in [2.45, 2.75) is 11.8 Å². The van der Waals surface area contributed by atoms with Gasteiger partial charge in [0.2, 0.25) is 0 Å². The van der Waals surface area contributed by atoms with Crippen LogP contribution >= 0.6 is 11.6 Å². The van der Waals surface area contributed by atoms with E-state index in [4.69, 9.17) is 11.6 Å². The maximum atomic E-state index is 13.0. The summed E-state index contributed by atoms with van der Waals surface area (Å²) >= 11 is 6.34. The summed E-state index contributed by atoms with van der Waals surface area (Å²) in [6.45, 7) is 1.82. The first-order valence-corrected chi connectivity index (χ1v) is 12.5. The smallest absolute Gasteiger partial charge is 0.256 e. The lowest BCUT2D eigenvalue weighted by atomic mass is 10.1. The third-order valence-electron chi connectivity index (χ3n) is 5.09. The van der Waals surface area contributed by atoms with Crippen LogP contribution in [0.2, 0.25) is 5.02 Å². The van der Waals surface area contributed by atoms with Crippen LogP contribution in [0.5, 0.6) is 0 Å². The summed E-state index contributed by atoms with van der Waals surface area (Å²) in [5, 5.41) is 6.43. The number of amides is 2. The average molecular weight is 494 g/mol. The Morgan fingerprint density at radius 3 is 2.38 bits per heavy atom. The number of aromatic nitrogens is 1. The Hall–Kier alpha value is -3.75. The number of hydrogen-bond acceptors (Lipinski definition) is 5. The lowest BCUT2D eigenvalue weighted by Gasteiger charge is -2.12. The zero-order valence-electron chi connectivity index (χ0n) is 18.3. The minimum atomic E-state index is -3.45. The fraction of sp³-hybridized carbons (Fsp3) is 0.0800. The van der Waals surface area contributed by atoms with E-state index in [2.05, 4.69) is 15.6 Å². The highest BCUT2D eigenvalue weighted by molar-refractivity contribution is 7.90. The Balaban J connectivity index is 1.53. The Bertz CT molecular complexity index is 1550. The molecule has 0 aliphatic carbocycles. The summed E-state index contributed by atoms with van der Waals surface area (Å²) in [7, 11) is -3.45. The summed E-state index contributed by atoms with van der Waals surface area (Å²) in [6, 6.07) is 19.5. The first-order chi connectivity index (χ1) is 16.1. The van der Waals surface area contributed by atoms with Gasteiger partial charge in [0, 0.05) is 28.6 Å². The van der Waals surface area contributed by atoms with Crippen LogP contribution in [0.3, 0.4) is 0 Å². The maximum Gasteiger partial charge on any atom is 0.256 e. The van der Waals surface area contributed by atoms with Crippen LogP contribution in [0.4, 0.5) is 11.4 Å². The molecule has 7 nitrogen and oxygen atoms in total. The fourth-order valence-corrected chi connectivity index (χ4v) is 4.35. The number of para-hydroxylation sites is 1. The van der Waals surface area contributed by atoms with Crippen LogP contribution in [-0.2, 0) is 9.84 Å². The van der Waals surface area contributed by atoms with Crippen LogP contribution in [0.1, 0.15) is 26.4 Å². The highest BCUT2D eigenvalue weighted by atomic mass is 35.5. The first-order valence-electron chi connectivity index (χ1n) is 10.2. The van der Waals surface area contributed by atoms with Gasteiger partial charge >= 0.3 is 0 Å². The Morgan fingerprint density at radius 1 is 0.882 bits per heavy atom. The van der Waals surface area contributed by atoms with Gasteiger partial charge < -0.3 is 10.6 Å². The van der Waals surface area contributed by atoms with Crippen LogP contribution < -0.4 is 10.6 Å². The average Bonchev–Trinajstić information content (AvgIpc) is 2.79. The van der Waals surface area contributed by atoms with E-state index in [1.807, 2.05) is 31.2 Å². The molecule has 0 saturated heterocycles. The molecule has 1 heterocycles. The number of hydrogen-bond donors (Lipinski definition) is 2. The van der Waals surface area contributed by atoms with E-state index in [1.54, 1.807) is 18.2 Å². The summed E-state index contributed by atoms with van der Waals surface area (Å²) in [5.41, 5.74) is 2.88. The summed E-state index contributed by atoms with van der Waals surface area (Å²) in [4.78, 5) is 30.1. The second-order valence-electron chi connectivity index (χ2n) is 7.73. The van der Waals surface area contributed by atoms with Crippen LogP contribution in [-0.4, -0.2) is 31.5 Å². The van der Waals surface area contributed by atoms with Crippen molar-refractivity contribution in [2.75, 3.05) is 16.9 Å². The van der Waals surface area contributed by atoms with Crippen molar-refractivity contribution in [3.63, 3.8) is 0 Å². The molecule has 0 aliphatic rings. The first kappa shape index (κ1) is 23.4. The number of nitrogens with zero attached hydrogens (tertiary/aromatic N) is 1. The number of carbonyl (C=O) groups is 2. The molecule has 9 heteroatoms. The van der Waals surface area contributed by atoms with Gasteiger partial charge in [-0.25, -0.2) is 8.42 Å². The van der Waals surface area contributed by atoms with Crippen molar-refractivity contribution in [1.29, 1.82) is 0 Å². The van der Waals surface area contributed by atoms with E-state index in [1.165, 1.54) is 30.3 Å². The summed E-state index contributed by atoms with van der Waals surface area (Å²) < 4.78 is 23.5. The molecule has 2 amide bonds. The van der Waals surface area contributed by atoms with Crippen LogP contribution in [0, 0.1) is 6.92 Å². The molecule has 0 radical (unpaired) electrons. The van der Waals surface area contributed by atoms with Crippen molar-refractivity contribution in [2.24, 2.45) is 0 Å². The minimum Gasteiger partial charge on any atom is -0.322 e. The van der Waals surface area contributed by atoms with Gasteiger partial charge in [-0.05, 0) is 55.5 Å². The highest BCUT2D eigenvalue weighted by Crippen LogP contribution is 2.27. The number of carbonyl (C=O) groups excluding carboxylic acids is 2. The highest BCUT2D eigenvalue weighted by Gasteiger charge is 2.15. The molecular formula is C25H20ClN3O4S. The zero-order chi connectivity index (χ0) is 24.5. The number of halogens is 1. The molecule has 0 spiro atoms. The Labute approximate surface area is 201 Å². The third-order valence-corrected chi connectivity index (χ3v) is 6.51. The van der Waals surface area contributed by atoms with Crippen molar-refractivity contribution in [1.82, 2.24) is 4.98 Å². The van der Waals surface area contributed by atoms with Crippen molar-refractivity contribution in [3.8, 4) is 0 Å². The molecule has 4 rings (SSSR count). The SMILES string of the molecule is Cc1cc(C(=O)Nc2ccc(NC(=O)c3cccc(S(C)(=O)=O)c3)c(Cl)c2)c2ccccc2n1. The lowest BCUT2D eigenvalue weighted by Crippen LogP contribution is -2.14. The number of anilines is 2. The molecule has 0 atom stereocenters. The number of rotatable bonds is 5. The number of sulfone groups is 1. The fourth-order valence-electron chi connectivity index (χ4n) is 3.45. The van der Waals surface area contributed by atoms with Crippen LogP contribution in [0.15, 0.2) is 77.7 Å². The lowest BCUT2D eigenvalue weighted by molar-refractivity contribution is 0.101. The second kappa shape index (κ2) is 9.24. The second-order valence-corrected chi connectivity index (χ2v) is 10.2. The number of benzene rings is 3. The van der Waals surface area contributed by atoms with Crippen molar-refractivity contribution >= 4 is 55.5 Å². The summed E-state index contributed by atoms with van der Waals surface area (Å²) in [5.74, 6) is -0.824. The largest absolute Gasteiger partial charge is 0.322 e. The molecule has 34 heavy (non-hydrogen) atoms. The van der Waals surface area contributed by atoms with Gasteiger partial charge in [0.05, 0.1) is 26.7 Å². The monoisotopic (exact) mass is 493 g/mol. The van der Waals surface area contributed by atoms with Crippen LogP contribution in [0.25, 0.3) is 10.9 Å².